The molecule has 0 aromatic heterocycles. The zero-order chi connectivity index (χ0) is 10.1. The number of thiocarbonyl (C=S) groups is 2. The Kier molecular flexibility index (Phi) is 8.91. The van der Waals surface area contributed by atoms with Crippen LogP contribution < -0.4 is 11.5 Å². The number of hydrogen-bond donors (Lipinski definition) is 3. The second-order valence-corrected chi connectivity index (χ2v) is 2.14. The molecule has 0 aromatic rings. The maximum atomic E-state index is 9.89. The van der Waals surface area contributed by atoms with Crippen molar-refractivity contribution in [3.8, 4) is 0 Å². The van der Waals surface area contributed by atoms with E-state index >= 15 is 0 Å². The highest BCUT2D eigenvalue weighted by atomic mass is 32.1. The first-order valence-electron chi connectivity index (χ1n) is 2.49. The number of rotatable bonds is 0. The SMILES string of the molecule is CC(=O)OOC(N)=S.NC(O)=S. The molecule has 0 saturated carbocycles. The van der Waals surface area contributed by atoms with Gasteiger partial charge in [0.2, 0.25) is 0 Å². The minimum absolute atomic E-state index is 0.305. The number of hydrogen-bond acceptors (Lipinski definition) is 5. The summed E-state index contributed by atoms with van der Waals surface area (Å²) in [6.45, 7) is 1.18. The zero-order valence-electron chi connectivity index (χ0n) is 6.14. The van der Waals surface area contributed by atoms with Crippen LogP contribution in [0.3, 0.4) is 0 Å². The maximum Gasteiger partial charge on any atom is 0.352 e. The van der Waals surface area contributed by atoms with E-state index in [4.69, 9.17) is 10.8 Å². The van der Waals surface area contributed by atoms with Crippen LogP contribution in [-0.2, 0) is 14.6 Å². The number of carbonyl (C=O) groups excluding carboxylic acids is 1. The first kappa shape index (κ1) is 13.4. The summed E-state index contributed by atoms with van der Waals surface area (Å²) in [5, 5.41) is 6.76. The molecule has 0 saturated heterocycles. The molecule has 0 heterocycles. The van der Waals surface area contributed by atoms with E-state index in [9.17, 15) is 4.79 Å². The van der Waals surface area contributed by atoms with Crippen LogP contribution in [0.25, 0.3) is 0 Å². The monoisotopic (exact) mass is 212 g/mol. The first-order valence-corrected chi connectivity index (χ1v) is 3.30. The minimum Gasteiger partial charge on any atom is -0.487 e. The average molecular weight is 212 g/mol. The normalized spacial score (nSPS) is 7.08. The van der Waals surface area contributed by atoms with Crippen LogP contribution in [0.15, 0.2) is 0 Å². The van der Waals surface area contributed by atoms with Crippen molar-refractivity contribution in [1.82, 2.24) is 0 Å². The van der Waals surface area contributed by atoms with Crippen molar-refractivity contribution in [3.63, 3.8) is 0 Å². The molecule has 0 rings (SSSR count). The van der Waals surface area contributed by atoms with Gasteiger partial charge >= 0.3 is 11.1 Å². The van der Waals surface area contributed by atoms with Gasteiger partial charge in [0.05, 0.1) is 0 Å². The lowest BCUT2D eigenvalue weighted by Crippen LogP contribution is -2.14. The quantitative estimate of drug-likeness (QED) is 0.280. The predicted molar refractivity (Wildman–Crippen MR) is 49.1 cm³/mol. The number of aliphatic hydroxyl groups excluding tert-OH is 1. The van der Waals surface area contributed by atoms with Crippen LogP contribution in [0.4, 0.5) is 0 Å². The number of carbonyl (C=O) groups is 1. The van der Waals surface area contributed by atoms with Crippen molar-refractivity contribution in [3.05, 3.63) is 0 Å². The van der Waals surface area contributed by atoms with Crippen LogP contribution in [0, 0.1) is 0 Å². The van der Waals surface area contributed by atoms with Gasteiger partial charge < -0.3 is 16.6 Å². The van der Waals surface area contributed by atoms with Crippen LogP contribution in [0.1, 0.15) is 6.92 Å². The Morgan fingerprint density at radius 2 is 1.67 bits per heavy atom. The van der Waals surface area contributed by atoms with Crippen molar-refractivity contribution in [2.75, 3.05) is 0 Å². The minimum atomic E-state index is -0.585. The lowest BCUT2D eigenvalue weighted by atomic mass is 10.8. The fraction of sp³-hybridized carbons (Fsp3) is 0.250. The molecule has 0 radical (unpaired) electrons. The summed E-state index contributed by atoms with van der Waals surface area (Å²) in [5.74, 6) is -0.585. The van der Waals surface area contributed by atoms with Gasteiger partial charge in [-0.2, -0.15) is 0 Å². The molecule has 0 aromatic carbocycles. The van der Waals surface area contributed by atoms with Crippen molar-refractivity contribution < 1.29 is 19.7 Å². The van der Waals surface area contributed by atoms with E-state index in [2.05, 4.69) is 39.9 Å². The Labute approximate surface area is 79.3 Å². The van der Waals surface area contributed by atoms with E-state index in [0.29, 0.717) is 0 Å². The molecule has 0 amide bonds. The smallest absolute Gasteiger partial charge is 0.352 e. The molecular formula is C4H8N2O4S2. The standard InChI is InChI=1S/C3H5NO3S.CH3NOS/c1-2(5)6-7-3(4)8;2-1(3)4/h1H3,(H2,4,8);(H3,2,3,4). The van der Waals surface area contributed by atoms with E-state index in [-0.39, 0.29) is 5.17 Å². The zero-order valence-corrected chi connectivity index (χ0v) is 7.78. The molecule has 5 N–H and O–H groups in total. The van der Waals surface area contributed by atoms with Gasteiger partial charge in [-0.05, 0) is 24.4 Å². The van der Waals surface area contributed by atoms with Gasteiger partial charge in [-0.15, -0.1) is 0 Å². The predicted octanol–water partition coefficient (Wildman–Crippen LogP) is -0.487. The Hall–Kier alpha value is -1.15. The molecule has 0 aliphatic rings. The van der Waals surface area contributed by atoms with Crippen molar-refractivity contribution in [2.45, 2.75) is 6.92 Å². The summed E-state index contributed by atoms with van der Waals surface area (Å²) in [6, 6.07) is 0. The molecule has 6 nitrogen and oxygen atoms in total. The molecule has 0 spiro atoms. The van der Waals surface area contributed by atoms with Gasteiger partial charge in [0.1, 0.15) is 0 Å². The van der Waals surface area contributed by atoms with Gasteiger partial charge in [-0.3, -0.25) is 4.89 Å². The van der Waals surface area contributed by atoms with E-state index in [1.165, 1.54) is 6.92 Å². The summed E-state index contributed by atoms with van der Waals surface area (Å²) in [7, 11) is 0. The Balaban J connectivity index is 0. The van der Waals surface area contributed by atoms with Gasteiger partial charge in [0.15, 0.2) is 0 Å². The molecule has 0 atom stereocenters. The Morgan fingerprint density at radius 1 is 1.33 bits per heavy atom. The summed E-state index contributed by atoms with van der Waals surface area (Å²) in [6.07, 6.45) is 0. The molecule has 0 aliphatic heterocycles. The topological polar surface area (TPSA) is 108 Å². The summed E-state index contributed by atoms with van der Waals surface area (Å²) in [5.41, 5.74) is 9.17. The van der Waals surface area contributed by atoms with Gasteiger partial charge in [0, 0.05) is 6.92 Å². The lowest BCUT2D eigenvalue weighted by Gasteiger charge is -1.95. The van der Waals surface area contributed by atoms with E-state index in [1.54, 1.807) is 0 Å². The third-order valence-electron chi connectivity index (χ3n) is 0.241. The summed E-state index contributed by atoms with van der Waals surface area (Å²) < 4.78 is 0. The number of nitrogens with two attached hydrogens (primary N) is 2. The van der Waals surface area contributed by atoms with Crippen molar-refractivity contribution in [2.24, 2.45) is 11.5 Å². The first-order chi connectivity index (χ1) is 5.36. The fourth-order valence-corrected chi connectivity index (χ4v) is 0.134. The molecule has 8 heteroatoms. The van der Waals surface area contributed by atoms with E-state index < -0.39 is 11.1 Å². The summed E-state index contributed by atoms with van der Waals surface area (Å²) >= 11 is 8.06. The highest BCUT2D eigenvalue weighted by molar-refractivity contribution is 7.80. The molecule has 0 unspecified atom stereocenters. The third-order valence-corrected chi connectivity index (χ3v) is 0.309. The fourth-order valence-electron chi connectivity index (χ4n) is 0.0997. The Bertz CT molecular complexity index is 166. The molecule has 0 aliphatic carbocycles. The second kappa shape index (κ2) is 7.95. The van der Waals surface area contributed by atoms with E-state index in [1.807, 2.05) is 0 Å². The highest BCUT2D eigenvalue weighted by Gasteiger charge is 1.92. The van der Waals surface area contributed by atoms with E-state index in [0.717, 1.165) is 0 Å². The van der Waals surface area contributed by atoms with Crippen LogP contribution in [-0.4, -0.2) is 21.4 Å². The largest absolute Gasteiger partial charge is 0.487 e. The maximum absolute atomic E-state index is 9.89. The third kappa shape index (κ3) is 36.8. The molecule has 12 heavy (non-hydrogen) atoms. The lowest BCUT2D eigenvalue weighted by molar-refractivity contribution is -0.218. The highest BCUT2D eigenvalue weighted by Crippen LogP contribution is 1.77. The van der Waals surface area contributed by atoms with Crippen molar-refractivity contribution >= 4 is 40.8 Å². The van der Waals surface area contributed by atoms with Gasteiger partial charge in [0.25, 0.3) is 5.17 Å². The second-order valence-electron chi connectivity index (χ2n) is 1.32. The van der Waals surface area contributed by atoms with Crippen LogP contribution in [0.2, 0.25) is 0 Å². The molecule has 0 bridgehead atoms. The van der Waals surface area contributed by atoms with Gasteiger partial charge in [-0.25, -0.2) is 9.68 Å². The van der Waals surface area contributed by atoms with Crippen LogP contribution in [0.5, 0.6) is 0 Å². The number of aliphatic hydroxyl groups is 1. The molecular weight excluding hydrogens is 204 g/mol. The van der Waals surface area contributed by atoms with Crippen LogP contribution >= 0.6 is 24.4 Å². The Morgan fingerprint density at radius 3 is 1.75 bits per heavy atom. The molecule has 70 valence electrons. The molecule has 0 fully saturated rings. The van der Waals surface area contributed by atoms with Crippen molar-refractivity contribution in [1.29, 1.82) is 0 Å². The average Bonchev–Trinajstić information content (AvgIpc) is 1.82. The van der Waals surface area contributed by atoms with Gasteiger partial charge in [-0.1, -0.05) is 0 Å². The summed E-state index contributed by atoms with van der Waals surface area (Å²) in [4.78, 5) is 17.7.